The molecule has 2 amide bonds. The zero-order valence-electron chi connectivity index (χ0n) is 9.58. The molecule has 4 heteroatoms. The Labute approximate surface area is 100 Å². The zero-order chi connectivity index (χ0) is 11.4. The molecular weight excluding hydrogens is 220 g/mol. The zero-order valence-corrected chi connectivity index (χ0v) is 10.4. The smallest absolute Gasteiger partial charge is 0.315 e. The molecule has 0 radical (unpaired) electrons. The third-order valence-electron chi connectivity index (χ3n) is 3.15. The van der Waals surface area contributed by atoms with Gasteiger partial charge in [-0.25, -0.2) is 4.79 Å². The van der Waals surface area contributed by atoms with Gasteiger partial charge >= 0.3 is 6.03 Å². The number of nitrogens with one attached hydrogen (secondary N) is 2. The van der Waals surface area contributed by atoms with Crippen LogP contribution in [0.5, 0.6) is 0 Å². The van der Waals surface area contributed by atoms with Gasteiger partial charge in [-0.3, -0.25) is 0 Å². The Balaban J connectivity index is 1.65. The molecule has 1 aromatic heterocycles. The summed E-state index contributed by atoms with van der Waals surface area (Å²) in [4.78, 5) is 12.7. The Morgan fingerprint density at radius 2 is 2.31 bits per heavy atom. The van der Waals surface area contributed by atoms with Crippen LogP contribution in [0.1, 0.15) is 29.7 Å². The Hall–Kier alpha value is -1.03. The first kappa shape index (κ1) is 11.5. The van der Waals surface area contributed by atoms with Crippen LogP contribution < -0.4 is 10.6 Å². The highest BCUT2D eigenvalue weighted by atomic mass is 32.1. The fourth-order valence-electron chi connectivity index (χ4n) is 1.74. The van der Waals surface area contributed by atoms with Gasteiger partial charge in [0.2, 0.25) is 0 Å². The molecule has 1 saturated carbocycles. The number of aryl methyl sites for hydroxylation is 1. The molecule has 0 unspecified atom stereocenters. The molecule has 88 valence electrons. The monoisotopic (exact) mass is 238 g/mol. The van der Waals surface area contributed by atoms with Crippen molar-refractivity contribution in [2.75, 3.05) is 6.54 Å². The predicted molar refractivity (Wildman–Crippen MR) is 66.6 cm³/mol. The van der Waals surface area contributed by atoms with Crippen LogP contribution in [0.4, 0.5) is 4.79 Å². The Kier molecular flexibility index (Phi) is 3.83. The van der Waals surface area contributed by atoms with Crippen molar-refractivity contribution in [2.45, 2.75) is 32.7 Å². The molecule has 1 heterocycles. The predicted octanol–water partition coefficient (Wildman–Crippen LogP) is 2.66. The highest BCUT2D eigenvalue weighted by Gasteiger charge is 2.17. The summed E-state index contributed by atoms with van der Waals surface area (Å²) in [6.07, 6.45) is 3.86. The van der Waals surface area contributed by atoms with Crippen molar-refractivity contribution in [1.29, 1.82) is 0 Å². The van der Waals surface area contributed by atoms with E-state index >= 15 is 0 Å². The van der Waals surface area contributed by atoms with Crippen molar-refractivity contribution < 1.29 is 4.79 Å². The molecule has 0 bridgehead atoms. The second kappa shape index (κ2) is 5.34. The number of urea groups is 1. The van der Waals surface area contributed by atoms with Crippen LogP contribution in [0.25, 0.3) is 0 Å². The minimum Gasteiger partial charge on any atom is -0.338 e. The van der Waals surface area contributed by atoms with Gasteiger partial charge in [-0.15, -0.1) is 11.3 Å². The van der Waals surface area contributed by atoms with Gasteiger partial charge in [0, 0.05) is 11.4 Å². The molecule has 0 spiro atoms. The van der Waals surface area contributed by atoms with Crippen LogP contribution in [0.3, 0.4) is 0 Å². The first-order chi connectivity index (χ1) is 7.75. The van der Waals surface area contributed by atoms with Gasteiger partial charge in [-0.05, 0) is 42.7 Å². The van der Waals surface area contributed by atoms with E-state index in [9.17, 15) is 4.79 Å². The lowest BCUT2D eigenvalue weighted by Crippen LogP contribution is -2.39. The molecule has 2 N–H and O–H groups in total. The molecule has 16 heavy (non-hydrogen) atoms. The summed E-state index contributed by atoms with van der Waals surface area (Å²) in [5.74, 6) is 0.717. The van der Waals surface area contributed by atoms with Crippen molar-refractivity contribution >= 4 is 17.4 Å². The molecule has 0 atom stereocenters. The fourth-order valence-corrected chi connectivity index (χ4v) is 2.59. The second-order valence-corrected chi connectivity index (χ2v) is 5.39. The lowest BCUT2D eigenvalue weighted by atomic mass is 9.85. The minimum atomic E-state index is -0.0419. The van der Waals surface area contributed by atoms with Crippen molar-refractivity contribution in [2.24, 2.45) is 5.92 Å². The van der Waals surface area contributed by atoms with E-state index in [0.717, 1.165) is 6.54 Å². The van der Waals surface area contributed by atoms with E-state index in [4.69, 9.17) is 0 Å². The minimum absolute atomic E-state index is 0.0419. The van der Waals surface area contributed by atoms with E-state index in [2.05, 4.69) is 29.0 Å². The van der Waals surface area contributed by atoms with Crippen molar-refractivity contribution in [1.82, 2.24) is 10.6 Å². The molecule has 1 aromatic rings. The van der Waals surface area contributed by atoms with Crippen LogP contribution in [0, 0.1) is 12.8 Å². The summed E-state index contributed by atoms with van der Waals surface area (Å²) in [7, 11) is 0. The highest BCUT2D eigenvalue weighted by molar-refractivity contribution is 7.10. The molecule has 0 aliphatic heterocycles. The average Bonchev–Trinajstić information content (AvgIpc) is 2.59. The van der Waals surface area contributed by atoms with E-state index < -0.39 is 0 Å². The number of carbonyl (C=O) groups is 1. The molecular formula is C12H18N2OS. The third-order valence-corrected chi connectivity index (χ3v) is 4.18. The van der Waals surface area contributed by atoms with Crippen LogP contribution in [-0.4, -0.2) is 12.6 Å². The summed E-state index contributed by atoms with van der Waals surface area (Å²) >= 11 is 1.69. The number of thiophene rings is 1. The average molecular weight is 238 g/mol. The van der Waals surface area contributed by atoms with E-state index in [1.54, 1.807) is 11.3 Å². The molecule has 3 nitrogen and oxygen atoms in total. The standard InChI is InChI=1S/C12H18N2OS/c1-9-5-6-16-11(9)8-14-12(15)13-7-10-3-2-4-10/h5-6,10H,2-4,7-8H2,1H3,(H2,13,14,15). The van der Waals surface area contributed by atoms with Crippen LogP contribution in [0.2, 0.25) is 0 Å². The number of amides is 2. The molecule has 1 aliphatic rings. The van der Waals surface area contributed by atoms with Crippen LogP contribution in [0.15, 0.2) is 11.4 Å². The number of rotatable bonds is 4. The lowest BCUT2D eigenvalue weighted by Gasteiger charge is -2.25. The van der Waals surface area contributed by atoms with E-state index in [-0.39, 0.29) is 6.03 Å². The maximum atomic E-state index is 11.5. The Morgan fingerprint density at radius 3 is 2.88 bits per heavy atom. The number of carbonyl (C=O) groups excluding carboxylic acids is 1. The van der Waals surface area contributed by atoms with Gasteiger partial charge in [0.25, 0.3) is 0 Å². The largest absolute Gasteiger partial charge is 0.338 e. The molecule has 1 fully saturated rings. The third kappa shape index (κ3) is 2.98. The van der Waals surface area contributed by atoms with Crippen molar-refractivity contribution in [3.8, 4) is 0 Å². The Morgan fingerprint density at radius 1 is 1.50 bits per heavy atom. The van der Waals surface area contributed by atoms with E-state index in [1.807, 2.05) is 0 Å². The SMILES string of the molecule is Cc1ccsc1CNC(=O)NCC1CCC1. The van der Waals surface area contributed by atoms with Crippen LogP contribution >= 0.6 is 11.3 Å². The van der Waals surface area contributed by atoms with Gasteiger partial charge in [0.1, 0.15) is 0 Å². The normalized spacial score (nSPS) is 15.6. The topological polar surface area (TPSA) is 41.1 Å². The van der Waals surface area contributed by atoms with Crippen molar-refractivity contribution in [3.05, 3.63) is 21.9 Å². The maximum absolute atomic E-state index is 11.5. The summed E-state index contributed by atoms with van der Waals surface area (Å²) < 4.78 is 0. The summed E-state index contributed by atoms with van der Waals surface area (Å²) in [5, 5.41) is 7.87. The van der Waals surface area contributed by atoms with Gasteiger partial charge < -0.3 is 10.6 Å². The van der Waals surface area contributed by atoms with Gasteiger partial charge in [0.05, 0.1) is 6.54 Å². The molecule has 0 saturated heterocycles. The van der Waals surface area contributed by atoms with Gasteiger partial charge in [-0.1, -0.05) is 6.42 Å². The molecule has 2 rings (SSSR count). The number of hydrogen-bond acceptors (Lipinski definition) is 2. The van der Waals surface area contributed by atoms with E-state index in [0.29, 0.717) is 12.5 Å². The maximum Gasteiger partial charge on any atom is 0.315 e. The lowest BCUT2D eigenvalue weighted by molar-refractivity contribution is 0.232. The first-order valence-corrected chi connectivity index (χ1v) is 6.68. The van der Waals surface area contributed by atoms with Gasteiger partial charge in [0.15, 0.2) is 0 Å². The number of hydrogen-bond donors (Lipinski definition) is 2. The quantitative estimate of drug-likeness (QED) is 0.832. The van der Waals surface area contributed by atoms with Crippen LogP contribution in [-0.2, 0) is 6.54 Å². The summed E-state index contributed by atoms with van der Waals surface area (Å²) in [6, 6.07) is 2.04. The first-order valence-electron chi connectivity index (χ1n) is 5.80. The fraction of sp³-hybridized carbons (Fsp3) is 0.583. The molecule has 1 aliphatic carbocycles. The van der Waals surface area contributed by atoms with Gasteiger partial charge in [-0.2, -0.15) is 0 Å². The Bertz CT molecular complexity index is 358. The van der Waals surface area contributed by atoms with E-state index in [1.165, 1.54) is 29.7 Å². The van der Waals surface area contributed by atoms with Crippen molar-refractivity contribution in [3.63, 3.8) is 0 Å². The second-order valence-electron chi connectivity index (χ2n) is 4.39. The summed E-state index contributed by atoms with van der Waals surface area (Å²) in [6.45, 7) is 3.54. The highest BCUT2D eigenvalue weighted by Crippen LogP contribution is 2.25. The summed E-state index contributed by atoms with van der Waals surface area (Å²) in [5.41, 5.74) is 1.25. The molecule has 0 aromatic carbocycles.